The molecule has 8 nitrogen and oxygen atoms in total. The van der Waals surface area contributed by atoms with E-state index >= 15 is 0 Å². The van der Waals surface area contributed by atoms with Crippen LogP contribution in [-0.2, 0) is 0 Å². The highest BCUT2D eigenvalue weighted by Gasteiger charge is 2.38. The first-order valence-electron chi connectivity index (χ1n) is 9.46. The molecule has 0 saturated heterocycles. The number of nitrogens with one attached hydrogen (secondary N) is 1. The molecule has 0 amide bonds. The van der Waals surface area contributed by atoms with Crippen molar-refractivity contribution in [2.24, 2.45) is 5.92 Å². The van der Waals surface area contributed by atoms with Crippen molar-refractivity contribution in [3.63, 3.8) is 0 Å². The van der Waals surface area contributed by atoms with E-state index in [4.69, 9.17) is 23.7 Å². The number of hydrogen-bond donors (Lipinski definition) is 3. The summed E-state index contributed by atoms with van der Waals surface area (Å²) in [4.78, 5) is 0. The molecular weight excluding hydrogens is 378 g/mol. The van der Waals surface area contributed by atoms with Crippen molar-refractivity contribution >= 4 is 0 Å². The van der Waals surface area contributed by atoms with Crippen LogP contribution in [0.5, 0.6) is 34.5 Å². The maximum atomic E-state index is 10.3. The maximum Gasteiger partial charge on any atom is 0.231 e. The van der Waals surface area contributed by atoms with Crippen molar-refractivity contribution in [3.8, 4) is 34.5 Å². The average Bonchev–Trinajstić information content (AvgIpc) is 3.18. The molecular formula is C21H25NO7. The Morgan fingerprint density at radius 1 is 1.03 bits per heavy atom. The number of methoxy groups -OCH3 is 2. The summed E-state index contributed by atoms with van der Waals surface area (Å²) in [5, 5.41) is 22.8. The summed E-state index contributed by atoms with van der Waals surface area (Å²) in [7, 11) is 3.01. The van der Waals surface area contributed by atoms with Gasteiger partial charge in [-0.3, -0.25) is 5.32 Å². The number of hydrogen-bond acceptors (Lipinski definition) is 8. The molecule has 2 aliphatic rings. The number of aromatic hydroxyl groups is 1. The van der Waals surface area contributed by atoms with Gasteiger partial charge >= 0.3 is 0 Å². The standard InChI is InChI=1S/C21H25NO7/c1-11-19(12-6-17(25-2)20(24)18(7-12)26-3)13-8-15-16(28-10-27-15)9-14(13)29-21(11)22-4-5-23/h6-9,11,19,21-24H,4-5,10H2,1-3H3. The summed E-state index contributed by atoms with van der Waals surface area (Å²) in [6.45, 7) is 2.65. The van der Waals surface area contributed by atoms with Crippen LogP contribution in [0.1, 0.15) is 24.0 Å². The largest absolute Gasteiger partial charge is 0.502 e. The van der Waals surface area contributed by atoms with Crippen molar-refractivity contribution in [3.05, 3.63) is 35.4 Å². The fraction of sp³-hybridized carbons (Fsp3) is 0.429. The summed E-state index contributed by atoms with van der Waals surface area (Å²) in [6.07, 6.45) is -0.328. The highest BCUT2D eigenvalue weighted by molar-refractivity contribution is 5.59. The van der Waals surface area contributed by atoms with E-state index in [1.165, 1.54) is 14.2 Å². The summed E-state index contributed by atoms with van der Waals surface area (Å²) < 4.78 is 28.0. The molecule has 0 aromatic heterocycles. The van der Waals surface area contributed by atoms with Gasteiger partial charge in [0.15, 0.2) is 29.2 Å². The molecule has 3 unspecified atom stereocenters. The molecule has 0 spiro atoms. The fourth-order valence-corrected chi connectivity index (χ4v) is 4.00. The van der Waals surface area contributed by atoms with Gasteiger partial charge in [-0.2, -0.15) is 0 Å². The van der Waals surface area contributed by atoms with E-state index in [1.807, 2.05) is 24.3 Å². The Morgan fingerprint density at radius 2 is 1.69 bits per heavy atom. The van der Waals surface area contributed by atoms with E-state index in [0.29, 0.717) is 35.3 Å². The molecule has 8 heteroatoms. The number of benzene rings is 2. The molecule has 2 aromatic rings. The molecule has 2 heterocycles. The van der Waals surface area contributed by atoms with Gasteiger partial charge in [0.05, 0.1) is 20.8 Å². The number of phenols is 1. The number of ether oxygens (including phenoxy) is 5. The molecule has 4 rings (SSSR count). The quantitative estimate of drug-likeness (QED) is 0.675. The van der Waals surface area contributed by atoms with Gasteiger partial charge in [-0.05, 0) is 23.8 Å². The van der Waals surface area contributed by atoms with Crippen LogP contribution in [0.2, 0.25) is 0 Å². The molecule has 2 aliphatic heterocycles. The molecule has 0 bridgehead atoms. The number of aliphatic hydroxyl groups is 1. The second-order valence-corrected chi connectivity index (χ2v) is 7.07. The van der Waals surface area contributed by atoms with E-state index in [-0.39, 0.29) is 37.2 Å². The Labute approximate surface area is 168 Å². The van der Waals surface area contributed by atoms with Crippen LogP contribution >= 0.6 is 0 Å². The van der Waals surface area contributed by atoms with Crippen LogP contribution in [0.4, 0.5) is 0 Å². The van der Waals surface area contributed by atoms with Crippen LogP contribution in [0.3, 0.4) is 0 Å². The average molecular weight is 403 g/mol. The minimum Gasteiger partial charge on any atom is -0.502 e. The third-order valence-electron chi connectivity index (χ3n) is 5.42. The van der Waals surface area contributed by atoms with Crippen molar-refractivity contribution in [1.82, 2.24) is 5.32 Å². The van der Waals surface area contributed by atoms with E-state index in [9.17, 15) is 10.2 Å². The van der Waals surface area contributed by atoms with Gasteiger partial charge in [0.25, 0.3) is 0 Å². The summed E-state index contributed by atoms with van der Waals surface area (Å²) in [5.74, 6) is 2.50. The van der Waals surface area contributed by atoms with Gasteiger partial charge in [-0.1, -0.05) is 6.92 Å². The first-order valence-corrected chi connectivity index (χ1v) is 9.46. The van der Waals surface area contributed by atoms with Gasteiger partial charge in [0, 0.05) is 30.0 Å². The first-order chi connectivity index (χ1) is 14.1. The van der Waals surface area contributed by atoms with Gasteiger partial charge < -0.3 is 33.9 Å². The smallest absolute Gasteiger partial charge is 0.231 e. The lowest BCUT2D eigenvalue weighted by Gasteiger charge is -2.38. The second kappa shape index (κ2) is 7.88. The van der Waals surface area contributed by atoms with Crippen molar-refractivity contribution in [2.45, 2.75) is 19.1 Å². The first kappa shape index (κ1) is 19.5. The Morgan fingerprint density at radius 3 is 2.31 bits per heavy atom. The van der Waals surface area contributed by atoms with Gasteiger partial charge in [0.1, 0.15) is 5.75 Å². The van der Waals surface area contributed by atoms with Crippen molar-refractivity contribution in [2.75, 3.05) is 34.2 Å². The molecule has 0 saturated carbocycles. The summed E-state index contributed by atoms with van der Waals surface area (Å²) in [6, 6.07) is 7.38. The predicted molar refractivity (Wildman–Crippen MR) is 104 cm³/mol. The summed E-state index contributed by atoms with van der Waals surface area (Å²) in [5.41, 5.74) is 1.85. The molecule has 2 aromatic carbocycles. The second-order valence-electron chi connectivity index (χ2n) is 7.07. The van der Waals surface area contributed by atoms with Crippen LogP contribution < -0.4 is 29.0 Å². The third kappa shape index (κ3) is 3.38. The predicted octanol–water partition coefficient (Wildman–Crippen LogP) is 2.21. The van der Waals surface area contributed by atoms with Crippen molar-refractivity contribution in [1.29, 1.82) is 0 Å². The molecule has 0 fully saturated rings. The van der Waals surface area contributed by atoms with Gasteiger partial charge in [-0.15, -0.1) is 0 Å². The Kier molecular flexibility index (Phi) is 5.29. The molecule has 156 valence electrons. The lowest BCUT2D eigenvalue weighted by atomic mass is 9.78. The van der Waals surface area contributed by atoms with E-state index in [1.54, 1.807) is 0 Å². The maximum absolute atomic E-state index is 10.3. The van der Waals surface area contributed by atoms with Gasteiger partial charge in [0.2, 0.25) is 12.5 Å². The number of rotatable bonds is 6. The number of phenolic OH excluding ortho intramolecular Hbond substituents is 1. The van der Waals surface area contributed by atoms with E-state index < -0.39 is 0 Å². The normalized spacial score (nSPS) is 22.0. The minimum atomic E-state index is -0.328. The zero-order valence-corrected chi connectivity index (χ0v) is 16.6. The van der Waals surface area contributed by atoms with E-state index in [0.717, 1.165) is 11.1 Å². The topological polar surface area (TPSA) is 98.6 Å². The zero-order valence-electron chi connectivity index (χ0n) is 16.6. The third-order valence-corrected chi connectivity index (χ3v) is 5.42. The lowest BCUT2D eigenvalue weighted by Crippen LogP contribution is -2.46. The van der Waals surface area contributed by atoms with Crippen LogP contribution in [0.25, 0.3) is 0 Å². The number of fused-ring (bicyclic) bond motifs is 2. The summed E-state index contributed by atoms with van der Waals surface area (Å²) >= 11 is 0. The molecule has 3 atom stereocenters. The molecule has 0 radical (unpaired) electrons. The lowest BCUT2D eigenvalue weighted by molar-refractivity contribution is 0.0742. The highest BCUT2D eigenvalue weighted by Crippen LogP contribution is 2.50. The molecule has 29 heavy (non-hydrogen) atoms. The Balaban J connectivity index is 1.84. The monoisotopic (exact) mass is 403 g/mol. The Hall–Kier alpha value is -2.84. The fourth-order valence-electron chi connectivity index (χ4n) is 4.00. The zero-order chi connectivity index (χ0) is 20.5. The highest BCUT2D eigenvalue weighted by atomic mass is 16.7. The SMILES string of the molecule is COc1cc(C2c3cc4c(cc3OC(NCCO)C2C)OCO4)cc(OC)c1O. The van der Waals surface area contributed by atoms with Crippen LogP contribution in [0.15, 0.2) is 24.3 Å². The van der Waals surface area contributed by atoms with E-state index in [2.05, 4.69) is 12.2 Å². The number of aliphatic hydroxyl groups excluding tert-OH is 1. The van der Waals surface area contributed by atoms with Crippen LogP contribution in [0, 0.1) is 5.92 Å². The van der Waals surface area contributed by atoms with Gasteiger partial charge in [-0.25, -0.2) is 0 Å². The van der Waals surface area contributed by atoms with Crippen molar-refractivity contribution < 1.29 is 33.9 Å². The molecule has 3 N–H and O–H groups in total. The molecule has 0 aliphatic carbocycles. The van der Waals surface area contributed by atoms with Crippen LogP contribution in [-0.4, -0.2) is 50.6 Å². The Bertz CT molecular complexity index is 876. The minimum absolute atomic E-state index is 0.00605.